The third-order valence-corrected chi connectivity index (χ3v) is 3.62. The minimum atomic E-state index is -0.603. The van der Waals surface area contributed by atoms with Gasteiger partial charge in [-0.05, 0) is 37.1 Å². The Morgan fingerprint density at radius 1 is 1.21 bits per heavy atom. The van der Waals surface area contributed by atoms with Crippen LogP contribution in [0.15, 0.2) is 28.7 Å². The first kappa shape index (κ1) is 13.0. The van der Waals surface area contributed by atoms with Gasteiger partial charge in [0.2, 0.25) is 0 Å². The first-order chi connectivity index (χ1) is 9.13. The summed E-state index contributed by atoms with van der Waals surface area (Å²) in [4.78, 5) is 0. The molecule has 2 nitrogen and oxygen atoms in total. The number of hydrogen-bond acceptors (Lipinski definition) is 2. The number of benzene rings is 1. The van der Waals surface area contributed by atoms with Gasteiger partial charge in [0.25, 0.3) is 0 Å². The third kappa shape index (κ3) is 2.94. The highest BCUT2D eigenvalue weighted by Crippen LogP contribution is 2.31. The molecule has 1 aliphatic carbocycles. The lowest BCUT2D eigenvalue weighted by Crippen LogP contribution is -2.14. The van der Waals surface area contributed by atoms with Crippen LogP contribution in [0.5, 0.6) is 0 Å². The zero-order valence-corrected chi connectivity index (χ0v) is 11.6. The molecule has 100 valence electrons. The van der Waals surface area contributed by atoms with Crippen LogP contribution >= 0.6 is 23.2 Å². The van der Waals surface area contributed by atoms with Gasteiger partial charge in [-0.3, -0.25) is 0 Å². The van der Waals surface area contributed by atoms with E-state index >= 15 is 0 Å². The maximum absolute atomic E-state index is 13.3. The fourth-order valence-electron chi connectivity index (χ4n) is 1.86. The second-order valence-corrected chi connectivity index (χ2v) is 5.49. The fraction of sp³-hybridized carbons (Fsp3) is 0.286. The van der Waals surface area contributed by atoms with Crippen molar-refractivity contribution in [2.75, 3.05) is 0 Å². The van der Waals surface area contributed by atoms with Gasteiger partial charge in [-0.25, -0.2) is 4.39 Å². The monoisotopic (exact) mass is 299 g/mol. The molecule has 1 aliphatic rings. The summed E-state index contributed by atoms with van der Waals surface area (Å²) in [6.45, 7) is 0.702. The lowest BCUT2D eigenvalue weighted by Gasteiger charge is -2.02. The molecule has 3 rings (SSSR count). The largest absolute Gasteiger partial charge is 0.460 e. The van der Waals surface area contributed by atoms with Crippen LogP contribution < -0.4 is 5.32 Å². The van der Waals surface area contributed by atoms with E-state index in [1.807, 2.05) is 12.1 Å². The Labute approximate surface area is 120 Å². The van der Waals surface area contributed by atoms with Crippen molar-refractivity contribution >= 4 is 23.2 Å². The van der Waals surface area contributed by atoms with Gasteiger partial charge in [-0.1, -0.05) is 23.2 Å². The van der Waals surface area contributed by atoms with Gasteiger partial charge in [0, 0.05) is 11.6 Å². The molecule has 0 saturated heterocycles. The highest BCUT2D eigenvalue weighted by atomic mass is 35.5. The number of rotatable bonds is 4. The smallest absolute Gasteiger partial charge is 0.160 e. The van der Waals surface area contributed by atoms with Gasteiger partial charge in [-0.2, -0.15) is 0 Å². The number of hydrogen-bond donors (Lipinski definition) is 1. The Balaban J connectivity index is 1.81. The molecule has 5 heteroatoms. The number of furan rings is 1. The van der Waals surface area contributed by atoms with E-state index < -0.39 is 5.82 Å². The molecule has 1 aromatic carbocycles. The predicted molar refractivity (Wildman–Crippen MR) is 74.0 cm³/mol. The van der Waals surface area contributed by atoms with E-state index in [2.05, 4.69) is 5.32 Å². The van der Waals surface area contributed by atoms with Gasteiger partial charge in [0.05, 0.1) is 16.6 Å². The van der Waals surface area contributed by atoms with Crippen LogP contribution in [-0.4, -0.2) is 6.04 Å². The van der Waals surface area contributed by atoms with Crippen molar-refractivity contribution < 1.29 is 8.81 Å². The molecular weight excluding hydrogens is 288 g/mol. The molecule has 0 amide bonds. The second kappa shape index (κ2) is 5.16. The third-order valence-electron chi connectivity index (χ3n) is 3.07. The number of nitrogens with one attached hydrogen (secondary N) is 1. The van der Waals surface area contributed by atoms with Crippen LogP contribution in [-0.2, 0) is 6.54 Å². The normalized spacial score (nSPS) is 14.9. The maximum Gasteiger partial charge on any atom is 0.160 e. The minimum Gasteiger partial charge on any atom is -0.460 e. The molecule has 2 aromatic rings. The summed E-state index contributed by atoms with van der Waals surface area (Å²) in [5.41, 5.74) is 0.675. The highest BCUT2D eigenvalue weighted by molar-refractivity contribution is 6.35. The predicted octanol–water partition coefficient (Wildman–Crippen LogP) is 4.64. The van der Waals surface area contributed by atoms with E-state index in [1.165, 1.54) is 25.0 Å². The van der Waals surface area contributed by atoms with Gasteiger partial charge >= 0.3 is 0 Å². The summed E-state index contributed by atoms with van der Waals surface area (Å²) in [5.74, 6) is 0.879. The van der Waals surface area contributed by atoms with Gasteiger partial charge in [0.15, 0.2) is 5.82 Å². The van der Waals surface area contributed by atoms with E-state index in [0.717, 1.165) is 5.76 Å². The average Bonchev–Trinajstić information content (AvgIpc) is 3.10. The topological polar surface area (TPSA) is 25.2 Å². The molecule has 1 fully saturated rings. The van der Waals surface area contributed by atoms with E-state index in [9.17, 15) is 4.39 Å². The van der Waals surface area contributed by atoms with Gasteiger partial charge in [-0.15, -0.1) is 0 Å². The lowest BCUT2D eigenvalue weighted by molar-refractivity contribution is 0.492. The van der Waals surface area contributed by atoms with E-state index in [-0.39, 0.29) is 10.0 Å². The van der Waals surface area contributed by atoms with Gasteiger partial charge < -0.3 is 9.73 Å². The van der Waals surface area contributed by atoms with Gasteiger partial charge in [0.1, 0.15) is 11.5 Å². The van der Waals surface area contributed by atoms with E-state index in [4.69, 9.17) is 27.6 Å². The minimum absolute atomic E-state index is 0.00319. The molecule has 0 atom stereocenters. The summed E-state index contributed by atoms with van der Waals surface area (Å²) in [6.07, 6.45) is 2.47. The van der Waals surface area contributed by atoms with Crippen LogP contribution in [0.25, 0.3) is 11.3 Å². The molecule has 0 unspecified atom stereocenters. The standard InChI is InChI=1S/C14H12Cl2FNO/c15-11-5-8(6-12(16)14(11)17)13-4-3-10(19-13)7-18-9-1-2-9/h3-6,9,18H,1-2,7H2. The van der Waals surface area contributed by atoms with Crippen LogP contribution in [0.1, 0.15) is 18.6 Å². The zero-order chi connectivity index (χ0) is 13.4. The van der Waals surface area contributed by atoms with E-state index in [1.54, 1.807) is 0 Å². The van der Waals surface area contributed by atoms with Crippen molar-refractivity contribution in [3.63, 3.8) is 0 Å². The molecule has 0 aliphatic heterocycles. The Hall–Kier alpha value is -1.03. The number of halogens is 3. The Morgan fingerprint density at radius 2 is 1.89 bits per heavy atom. The molecule has 1 N–H and O–H groups in total. The van der Waals surface area contributed by atoms with Crippen molar-refractivity contribution in [3.05, 3.63) is 45.9 Å². The van der Waals surface area contributed by atoms with Crippen LogP contribution in [0, 0.1) is 5.82 Å². The summed E-state index contributed by atoms with van der Waals surface area (Å²) in [7, 11) is 0. The zero-order valence-electron chi connectivity index (χ0n) is 10.1. The van der Waals surface area contributed by atoms with Crippen LogP contribution in [0.3, 0.4) is 0 Å². The second-order valence-electron chi connectivity index (χ2n) is 4.68. The quantitative estimate of drug-likeness (QED) is 0.832. The molecule has 0 spiro atoms. The molecule has 1 saturated carbocycles. The molecule has 0 radical (unpaired) electrons. The molecular formula is C14H12Cl2FNO. The first-order valence-corrected chi connectivity index (χ1v) is 6.86. The van der Waals surface area contributed by atoms with Crippen molar-refractivity contribution in [2.45, 2.75) is 25.4 Å². The first-order valence-electron chi connectivity index (χ1n) is 6.10. The van der Waals surface area contributed by atoms with Crippen molar-refractivity contribution in [2.24, 2.45) is 0 Å². The van der Waals surface area contributed by atoms with Crippen molar-refractivity contribution in [3.8, 4) is 11.3 Å². The van der Waals surface area contributed by atoms with Crippen molar-refractivity contribution in [1.82, 2.24) is 5.32 Å². The fourth-order valence-corrected chi connectivity index (χ4v) is 2.35. The summed E-state index contributed by atoms with van der Waals surface area (Å²) < 4.78 is 19.0. The van der Waals surface area contributed by atoms with E-state index in [0.29, 0.717) is 23.9 Å². The Kier molecular flexibility index (Phi) is 3.52. The summed E-state index contributed by atoms with van der Waals surface area (Å²) in [6, 6.07) is 7.39. The molecule has 0 bridgehead atoms. The Bertz CT molecular complexity index is 584. The van der Waals surface area contributed by atoms with Crippen molar-refractivity contribution in [1.29, 1.82) is 0 Å². The van der Waals surface area contributed by atoms with Crippen LogP contribution in [0.4, 0.5) is 4.39 Å². The molecule has 19 heavy (non-hydrogen) atoms. The van der Waals surface area contributed by atoms with Crippen LogP contribution in [0.2, 0.25) is 10.0 Å². The average molecular weight is 300 g/mol. The summed E-state index contributed by atoms with van der Waals surface area (Å²) in [5, 5.41) is 3.36. The SMILES string of the molecule is Fc1c(Cl)cc(-c2ccc(CNC3CC3)o2)cc1Cl. The highest BCUT2D eigenvalue weighted by Gasteiger charge is 2.20. The molecule has 1 heterocycles. The molecule has 1 aromatic heterocycles. The lowest BCUT2D eigenvalue weighted by atomic mass is 10.2. The maximum atomic E-state index is 13.3. The summed E-state index contributed by atoms with van der Waals surface area (Å²) >= 11 is 11.5. The Morgan fingerprint density at radius 3 is 2.53 bits per heavy atom.